The summed E-state index contributed by atoms with van der Waals surface area (Å²) in [5, 5.41) is 0.212. The van der Waals surface area contributed by atoms with Gasteiger partial charge in [-0.25, -0.2) is 0 Å². The van der Waals surface area contributed by atoms with Crippen LogP contribution in [0.3, 0.4) is 0 Å². The van der Waals surface area contributed by atoms with E-state index < -0.39 is 23.6 Å². The van der Waals surface area contributed by atoms with E-state index in [1.165, 1.54) is 0 Å². The smallest absolute Gasteiger partial charge is 0.422 e. The Morgan fingerprint density at radius 3 is 2.33 bits per heavy atom. The molecule has 0 aromatic heterocycles. The van der Waals surface area contributed by atoms with Crippen molar-refractivity contribution in [3.05, 3.63) is 0 Å². The molecule has 0 heterocycles. The van der Waals surface area contributed by atoms with Crippen molar-refractivity contribution in [2.45, 2.75) is 11.0 Å². The van der Waals surface area contributed by atoms with Gasteiger partial charge in [0.2, 0.25) is 0 Å². The standard InChI is InChI=1S/C5H5Br2F3O2/c6-1-3(7)4(11)12-2-5(8,9)10/h3H,1-2H2. The van der Waals surface area contributed by atoms with Crippen LogP contribution in [-0.4, -0.2) is 28.9 Å². The van der Waals surface area contributed by atoms with Gasteiger partial charge in [-0.2, -0.15) is 13.2 Å². The van der Waals surface area contributed by atoms with E-state index in [9.17, 15) is 18.0 Å². The Balaban J connectivity index is 3.72. The lowest BCUT2D eigenvalue weighted by Crippen LogP contribution is -2.25. The number of hydrogen-bond donors (Lipinski definition) is 0. The van der Waals surface area contributed by atoms with E-state index in [2.05, 4.69) is 36.6 Å². The highest BCUT2D eigenvalue weighted by atomic mass is 79.9. The van der Waals surface area contributed by atoms with Crippen molar-refractivity contribution < 1.29 is 22.7 Å². The molecule has 1 unspecified atom stereocenters. The molecule has 7 heteroatoms. The summed E-state index contributed by atoms with van der Waals surface area (Å²) in [6, 6.07) is 0. The van der Waals surface area contributed by atoms with Gasteiger partial charge in [-0.1, -0.05) is 31.9 Å². The fourth-order valence-electron chi connectivity index (χ4n) is 0.306. The minimum atomic E-state index is -4.46. The van der Waals surface area contributed by atoms with E-state index in [-0.39, 0.29) is 5.33 Å². The lowest BCUT2D eigenvalue weighted by atomic mass is 10.5. The summed E-state index contributed by atoms with van der Waals surface area (Å²) in [4.78, 5) is 9.89. The van der Waals surface area contributed by atoms with Crippen molar-refractivity contribution in [2.24, 2.45) is 0 Å². The number of halogens is 5. The van der Waals surface area contributed by atoms with E-state index in [0.29, 0.717) is 0 Å². The quantitative estimate of drug-likeness (QED) is 0.590. The Labute approximate surface area is 83.7 Å². The van der Waals surface area contributed by atoms with Gasteiger partial charge in [0.15, 0.2) is 6.61 Å². The molecule has 0 saturated heterocycles. The third kappa shape index (κ3) is 5.82. The van der Waals surface area contributed by atoms with E-state index >= 15 is 0 Å². The van der Waals surface area contributed by atoms with E-state index in [1.807, 2.05) is 0 Å². The highest BCUT2D eigenvalue weighted by Gasteiger charge is 2.30. The van der Waals surface area contributed by atoms with Crippen LogP contribution in [0, 0.1) is 0 Å². The highest BCUT2D eigenvalue weighted by molar-refractivity contribution is 9.12. The summed E-state index contributed by atoms with van der Waals surface area (Å²) < 4.78 is 38.4. The van der Waals surface area contributed by atoms with Gasteiger partial charge in [-0.3, -0.25) is 4.79 Å². The lowest BCUT2D eigenvalue weighted by Gasteiger charge is -2.09. The lowest BCUT2D eigenvalue weighted by molar-refractivity contribution is -0.185. The molecule has 1 atom stereocenters. The van der Waals surface area contributed by atoms with Crippen molar-refractivity contribution in [1.82, 2.24) is 0 Å². The second-order valence-electron chi connectivity index (χ2n) is 1.84. The summed E-state index contributed by atoms with van der Waals surface area (Å²) in [7, 11) is 0. The zero-order chi connectivity index (χ0) is 9.78. The minimum Gasteiger partial charge on any atom is -0.455 e. The summed E-state index contributed by atoms with van der Waals surface area (Å²) in [6.45, 7) is -1.54. The van der Waals surface area contributed by atoms with E-state index in [1.54, 1.807) is 0 Å². The van der Waals surface area contributed by atoms with Crippen molar-refractivity contribution in [2.75, 3.05) is 11.9 Å². The molecule has 12 heavy (non-hydrogen) atoms. The molecule has 0 radical (unpaired) electrons. The molecule has 0 aliphatic carbocycles. The van der Waals surface area contributed by atoms with Crippen LogP contribution in [0.4, 0.5) is 13.2 Å². The summed E-state index contributed by atoms with van der Waals surface area (Å²) in [5.74, 6) is -0.927. The number of carbonyl (C=O) groups excluding carboxylic acids is 1. The molecule has 2 nitrogen and oxygen atoms in total. The molecular formula is C5H5Br2F3O2. The molecule has 0 rings (SSSR count). The molecule has 0 aromatic rings. The monoisotopic (exact) mass is 312 g/mol. The Bertz CT molecular complexity index is 159. The number of esters is 1. The van der Waals surface area contributed by atoms with Gasteiger partial charge in [0, 0.05) is 5.33 Å². The normalized spacial score (nSPS) is 14.1. The zero-order valence-corrected chi connectivity index (χ0v) is 8.87. The Hall–Kier alpha value is 0.220. The summed E-state index contributed by atoms with van der Waals surface area (Å²) in [5.41, 5.74) is 0. The van der Waals surface area contributed by atoms with Crippen LogP contribution in [0.2, 0.25) is 0 Å². The van der Waals surface area contributed by atoms with Gasteiger partial charge in [-0.15, -0.1) is 0 Å². The van der Waals surface area contributed by atoms with Gasteiger partial charge in [0.25, 0.3) is 0 Å². The Kier molecular flexibility index (Phi) is 5.15. The molecule has 0 aromatic carbocycles. The van der Waals surface area contributed by atoms with Gasteiger partial charge in [-0.05, 0) is 0 Å². The maximum Gasteiger partial charge on any atom is 0.422 e. The van der Waals surface area contributed by atoms with Crippen molar-refractivity contribution in [3.63, 3.8) is 0 Å². The first-order valence-electron chi connectivity index (χ1n) is 2.80. The topological polar surface area (TPSA) is 26.3 Å². The predicted octanol–water partition coefficient (Wildman–Crippen LogP) is 2.25. The van der Waals surface area contributed by atoms with Crippen molar-refractivity contribution in [3.8, 4) is 0 Å². The average Bonchev–Trinajstić information content (AvgIpc) is 1.97. The van der Waals surface area contributed by atoms with Crippen LogP contribution in [0.15, 0.2) is 0 Å². The maximum atomic E-state index is 11.5. The largest absolute Gasteiger partial charge is 0.455 e. The van der Waals surface area contributed by atoms with Gasteiger partial charge >= 0.3 is 12.1 Å². The number of carbonyl (C=O) groups is 1. The van der Waals surface area contributed by atoms with Gasteiger partial charge in [0.1, 0.15) is 4.83 Å². The van der Waals surface area contributed by atoms with Crippen LogP contribution in [0.25, 0.3) is 0 Å². The first-order chi connectivity index (χ1) is 5.37. The first-order valence-corrected chi connectivity index (χ1v) is 4.84. The fraction of sp³-hybridized carbons (Fsp3) is 0.800. The maximum absolute atomic E-state index is 11.5. The van der Waals surface area contributed by atoms with E-state index in [0.717, 1.165) is 0 Å². The SMILES string of the molecule is O=C(OCC(F)(F)F)C(Br)CBr. The van der Waals surface area contributed by atoms with Crippen LogP contribution in [0.5, 0.6) is 0 Å². The molecule has 0 saturated carbocycles. The van der Waals surface area contributed by atoms with Gasteiger partial charge in [0.05, 0.1) is 0 Å². The van der Waals surface area contributed by atoms with Crippen molar-refractivity contribution >= 4 is 37.8 Å². The van der Waals surface area contributed by atoms with Gasteiger partial charge < -0.3 is 4.74 Å². The molecule has 72 valence electrons. The minimum absolute atomic E-state index is 0.212. The molecule has 0 aliphatic rings. The molecule has 0 N–H and O–H groups in total. The van der Waals surface area contributed by atoms with Crippen LogP contribution < -0.4 is 0 Å². The second-order valence-corrected chi connectivity index (χ2v) is 3.60. The fourth-order valence-corrected chi connectivity index (χ4v) is 0.703. The highest BCUT2D eigenvalue weighted by Crippen LogP contribution is 2.16. The third-order valence-corrected chi connectivity index (χ3v) is 2.98. The molecular weight excluding hydrogens is 309 g/mol. The molecule has 0 spiro atoms. The Morgan fingerprint density at radius 2 is 2.00 bits per heavy atom. The Morgan fingerprint density at radius 1 is 1.50 bits per heavy atom. The number of alkyl halides is 5. The third-order valence-electron chi connectivity index (χ3n) is 0.769. The number of ether oxygens (including phenoxy) is 1. The predicted molar refractivity (Wildman–Crippen MR) is 43.5 cm³/mol. The van der Waals surface area contributed by atoms with E-state index in [4.69, 9.17) is 0 Å². The molecule has 0 bridgehead atoms. The molecule has 0 fully saturated rings. The van der Waals surface area contributed by atoms with Crippen LogP contribution >= 0.6 is 31.9 Å². The first kappa shape index (κ1) is 12.2. The second kappa shape index (κ2) is 5.06. The molecule has 0 aliphatic heterocycles. The van der Waals surface area contributed by atoms with Crippen LogP contribution in [-0.2, 0) is 9.53 Å². The van der Waals surface area contributed by atoms with Crippen LogP contribution in [0.1, 0.15) is 0 Å². The molecule has 0 amide bonds. The number of hydrogen-bond acceptors (Lipinski definition) is 2. The zero-order valence-electron chi connectivity index (χ0n) is 5.70. The number of rotatable bonds is 3. The van der Waals surface area contributed by atoms with Crippen molar-refractivity contribution in [1.29, 1.82) is 0 Å². The average molecular weight is 314 g/mol. The summed E-state index contributed by atoms with van der Waals surface area (Å²) in [6.07, 6.45) is -4.46. The summed E-state index contributed by atoms with van der Waals surface area (Å²) >= 11 is 5.73.